The van der Waals surface area contributed by atoms with Crippen molar-refractivity contribution in [2.75, 3.05) is 21.3 Å². The van der Waals surface area contributed by atoms with Gasteiger partial charge in [-0.3, -0.25) is 4.79 Å². The second-order valence-corrected chi connectivity index (χ2v) is 10.6. The van der Waals surface area contributed by atoms with Crippen LogP contribution in [0.25, 0.3) is 0 Å². The minimum Gasteiger partial charge on any atom is -0.497 e. The summed E-state index contributed by atoms with van der Waals surface area (Å²) in [6.07, 6.45) is 4.30. The van der Waals surface area contributed by atoms with E-state index in [0.717, 1.165) is 35.5 Å². The zero-order valence-electron chi connectivity index (χ0n) is 22.6. The molecule has 0 radical (unpaired) electrons. The molecule has 0 aromatic heterocycles. The second kappa shape index (κ2) is 12.2. The van der Waals surface area contributed by atoms with Crippen LogP contribution in [0.4, 0.5) is 0 Å². The molecule has 2 fully saturated rings. The third-order valence-corrected chi connectivity index (χ3v) is 8.21. The fraction of sp³-hybridized carbons (Fsp3) is 0.387. The summed E-state index contributed by atoms with van der Waals surface area (Å²) < 4.78 is 22.8. The molecule has 1 unspecified atom stereocenters. The number of piperidine rings is 1. The van der Waals surface area contributed by atoms with Crippen molar-refractivity contribution in [3.63, 3.8) is 0 Å². The first-order chi connectivity index (χ1) is 18.9. The van der Waals surface area contributed by atoms with Crippen LogP contribution in [-0.4, -0.2) is 50.2 Å². The van der Waals surface area contributed by atoms with Gasteiger partial charge in [0.1, 0.15) is 24.7 Å². The maximum Gasteiger partial charge on any atom is 0.253 e. The van der Waals surface area contributed by atoms with Gasteiger partial charge < -0.3 is 29.2 Å². The van der Waals surface area contributed by atoms with Crippen molar-refractivity contribution in [3.8, 4) is 23.0 Å². The van der Waals surface area contributed by atoms with Gasteiger partial charge in [-0.1, -0.05) is 35.9 Å². The number of rotatable bonds is 10. The van der Waals surface area contributed by atoms with E-state index in [-0.39, 0.29) is 23.6 Å². The minimum absolute atomic E-state index is 0.136. The normalized spacial score (nSPS) is 20.4. The second-order valence-electron chi connectivity index (χ2n) is 10.2. The summed E-state index contributed by atoms with van der Waals surface area (Å²) >= 11 is 6.84. The molecular formula is C31H35ClN2O5. The number of fused-ring (bicyclic) bond motifs is 2. The number of benzene rings is 3. The van der Waals surface area contributed by atoms with Gasteiger partial charge in [0, 0.05) is 18.1 Å². The zero-order valence-corrected chi connectivity index (χ0v) is 23.4. The molecule has 2 saturated heterocycles. The molecule has 1 amide bonds. The van der Waals surface area contributed by atoms with E-state index in [1.165, 1.54) is 12.8 Å². The summed E-state index contributed by atoms with van der Waals surface area (Å²) in [5, 5.41) is 3.47. The van der Waals surface area contributed by atoms with Gasteiger partial charge in [-0.15, -0.1) is 0 Å². The Morgan fingerprint density at radius 2 is 1.38 bits per heavy atom. The summed E-state index contributed by atoms with van der Waals surface area (Å²) in [7, 11) is 5.45. The fourth-order valence-electron chi connectivity index (χ4n) is 5.51. The Labute approximate surface area is 235 Å². The number of amides is 1. The lowest BCUT2D eigenvalue weighted by molar-refractivity contribution is 0.0882. The SMILES string of the molecule is COc1ccc(COc2ccc(C(=O)NC3C[C@H]4CC[C@@H](C3)N4C)c(Cl)c2OCc2ccc(OC)cc2)cc1. The van der Waals surface area contributed by atoms with E-state index >= 15 is 0 Å². The quantitative estimate of drug-likeness (QED) is 0.340. The predicted octanol–water partition coefficient (Wildman–Crippen LogP) is 5.87. The lowest BCUT2D eigenvalue weighted by Gasteiger charge is -2.36. The third kappa shape index (κ3) is 6.26. The monoisotopic (exact) mass is 550 g/mol. The molecule has 3 aromatic carbocycles. The molecular weight excluding hydrogens is 516 g/mol. The van der Waals surface area contributed by atoms with Crippen LogP contribution in [0, 0.1) is 0 Å². The third-order valence-electron chi connectivity index (χ3n) is 7.83. The van der Waals surface area contributed by atoms with E-state index in [2.05, 4.69) is 17.3 Å². The Balaban J connectivity index is 1.34. The largest absolute Gasteiger partial charge is 0.497 e. The molecule has 2 aliphatic rings. The first-order valence-electron chi connectivity index (χ1n) is 13.3. The molecule has 3 atom stereocenters. The van der Waals surface area contributed by atoms with Crippen molar-refractivity contribution in [2.24, 2.45) is 0 Å². The zero-order chi connectivity index (χ0) is 27.4. The number of halogens is 1. The van der Waals surface area contributed by atoms with E-state index < -0.39 is 0 Å². The number of carbonyl (C=O) groups excluding carboxylic acids is 1. The van der Waals surface area contributed by atoms with Crippen molar-refractivity contribution in [1.29, 1.82) is 0 Å². The van der Waals surface area contributed by atoms with E-state index in [9.17, 15) is 4.79 Å². The van der Waals surface area contributed by atoms with Gasteiger partial charge in [-0.25, -0.2) is 0 Å². The Bertz CT molecular complexity index is 1270. The lowest BCUT2D eigenvalue weighted by atomic mass is 9.97. The highest BCUT2D eigenvalue weighted by Crippen LogP contribution is 2.40. The van der Waals surface area contributed by atoms with Crippen LogP contribution in [0.2, 0.25) is 5.02 Å². The summed E-state index contributed by atoms with van der Waals surface area (Å²) in [6, 6.07) is 19.9. The Kier molecular flexibility index (Phi) is 8.48. The van der Waals surface area contributed by atoms with Gasteiger partial charge in [-0.05, 0) is 80.3 Å². The molecule has 0 spiro atoms. The molecule has 7 nitrogen and oxygen atoms in total. The van der Waals surface area contributed by atoms with Crippen LogP contribution in [0.3, 0.4) is 0 Å². The number of hydrogen-bond donors (Lipinski definition) is 1. The van der Waals surface area contributed by atoms with Crippen LogP contribution in [0.15, 0.2) is 60.7 Å². The van der Waals surface area contributed by atoms with Gasteiger partial charge in [-0.2, -0.15) is 0 Å². The van der Waals surface area contributed by atoms with Crippen molar-refractivity contribution in [2.45, 2.75) is 57.0 Å². The Morgan fingerprint density at radius 1 is 0.846 bits per heavy atom. The molecule has 2 heterocycles. The molecule has 39 heavy (non-hydrogen) atoms. The first-order valence-corrected chi connectivity index (χ1v) is 13.7. The van der Waals surface area contributed by atoms with Crippen molar-refractivity contribution < 1.29 is 23.7 Å². The summed E-state index contributed by atoms with van der Waals surface area (Å²) in [5.74, 6) is 2.17. The highest BCUT2D eigenvalue weighted by molar-refractivity contribution is 6.35. The average molecular weight is 551 g/mol. The van der Waals surface area contributed by atoms with Gasteiger partial charge in [0.05, 0.1) is 24.8 Å². The number of hydrogen-bond acceptors (Lipinski definition) is 6. The Morgan fingerprint density at radius 3 is 1.92 bits per heavy atom. The van der Waals surface area contributed by atoms with Gasteiger partial charge in [0.2, 0.25) is 0 Å². The average Bonchev–Trinajstić information content (AvgIpc) is 3.15. The summed E-state index contributed by atoms with van der Waals surface area (Å²) in [4.78, 5) is 15.8. The molecule has 2 bridgehead atoms. The molecule has 5 rings (SSSR count). The lowest BCUT2D eigenvalue weighted by Crippen LogP contribution is -2.48. The van der Waals surface area contributed by atoms with E-state index in [4.69, 9.17) is 30.5 Å². The Hall–Kier alpha value is -3.42. The topological polar surface area (TPSA) is 69.3 Å². The maximum atomic E-state index is 13.4. The number of methoxy groups -OCH3 is 2. The highest BCUT2D eigenvalue weighted by Gasteiger charge is 2.39. The van der Waals surface area contributed by atoms with Crippen LogP contribution in [0.5, 0.6) is 23.0 Å². The van der Waals surface area contributed by atoms with Gasteiger partial charge >= 0.3 is 0 Å². The molecule has 206 valence electrons. The van der Waals surface area contributed by atoms with Crippen LogP contribution >= 0.6 is 11.6 Å². The molecule has 0 aliphatic carbocycles. The van der Waals surface area contributed by atoms with Crippen LogP contribution < -0.4 is 24.3 Å². The van der Waals surface area contributed by atoms with Gasteiger partial charge in [0.15, 0.2) is 11.5 Å². The predicted molar refractivity (Wildman–Crippen MR) is 151 cm³/mol. The minimum atomic E-state index is -0.190. The number of nitrogens with zero attached hydrogens (tertiary/aromatic N) is 1. The van der Waals surface area contributed by atoms with Crippen LogP contribution in [-0.2, 0) is 13.2 Å². The van der Waals surface area contributed by atoms with Crippen molar-refractivity contribution in [3.05, 3.63) is 82.4 Å². The number of ether oxygens (including phenoxy) is 4. The summed E-state index contributed by atoms with van der Waals surface area (Å²) in [5.41, 5.74) is 2.28. The van der Waals surface area contributed by atoms with Crippen molar-refractivity contribution in [1.82, 2.24) is 10.2 Å². The summed E-state index contributed by atoms with van der Waals surface area (Å²) in [6.45, 7) is 0.565. The molecule has 1 N–H and O–H groups in total. The number of nitrogens with one attached hydrogen (secondary N) is 1. The van der Waals surface area contributed by atoms with Crippen molar-refractivity contribution >= 4 is 17.5 Å². The molecule has 8 heteroatoms. The number of carbonyl (C=O) groups is 1. The maximum absolute atomic E-state index is 13.4. The fourth-order valence-corrected chi connectivity index (χ4v) is 5.81. The van der Waals surface area contributed by atoms with E-state index in [1.807, 2.05) is 48.5 Å². The standard InChI is InChI=1S/C31H35ClN2O5/c1-34-23-8-9-24(34)17-22(16-23)33-31(35)27-14-15-28(38-18-20-4-10-25(36-2)11-5-20)30(29(27)32)39-19-21-6-12-26(37-3)13-7-21/h4-7,10-15,22-24H,8-9,16-19H2,1-3H3,(H,33,35)/t22?,23-,24+. The van der Waals surface area contributed by atoms with E-state index in [0.29, 0.717) is 35.8 Å². The molecule has 2 aliphatic heterocycles. The molecule has 0 saturated carbocycles. The van der Waals surface area contributed by atoms with Crippen LogP contribution in [0.1, 0.15) is 47.2 Å². The highest BCUT2D eigenvalue weighted by atomic mass is 35.5. The van der Waals surface area contributed by atoms with E-state index in [1.54, 1.807) is 26.4 Å². The molecule has 3 aromatic rings. The first kappa shape index (κ1) is 27.2. The van der Waals surface area contributed by atoms with Gasteiger partial charge in [0.25, 0.3) is 5.91 Å². The smallest absolute Gasteiger partial charge is 0.253 e.